The predicted octanol–water partition coefficient (Wildman–Crippen LogP) is 3.10. The Hall–Kier alpha value is -2.43. The van der Waals surface area contributed by atoms with Gasteiger partial charge in [-0.25, -0.2) is 4.98 Å². The number of esters is 1. The molecule has 0 saturated heterocycles. The number of fused-ring (bicyclic) bond motifs is 3. The van der Waals surface area contributed by atoms with E-state index in [1.165, 1.54) is 0 Å². The molecular weight excluding hydrogens is 278 g/mol. The summed E-state index contributed by atoms with van der Waals surface area (Å²) in [5.74, 6) is 0.670. The van der Waals surface area contributed by atoms with Crippen LogP contribution in [0, 0.1) is 0 Å². The van der Waals surface area contributed by atoms with Crippen molar-refractivity contribution in [3.8, 4) is 0 Å². The van der Waals surface area contributed by atoms with Crippen LogP contribution in [0.3, 0.4) is 0 Å². The Bertz CT molecular complexity index is 823. The van der Waals surface area contributed by atoms with Gasteiger partial charge in [0.25, 0.3) is 0 Å². The molecule has 1 aromatic carbocycles. The first kappa shape index (κ1) is 14.5. The number of carbonyl (C=O) groups is 1. The van der Waals surface area contributed by atoms with Crippen LogP contribution >= 0.6 is 0 Å². The molecule has 0 aliphatic carbocycles. The van der Waals surface area contributed by atoms with Crippen LogP contribution < -0.4 is 0 Å². The van der Waals surface area contributed by atoms with Crippen LogP contribution in [0.25, 0.3) is 21.9 Å². The number of carbonyl (C=O) groups excluding carboxylic acids is 1. The summed E-state index contributed by atoms with van der Waals surface area (Å²) in [4.78, 5) is 21.1. The molecule has 0 fully saturated rings. The van der Waals surface area contributed by atoms with Crippen LogP contribution in [0.15, 0.2) is 30.5 Å². The molecule has 0 aliphatic rings. The van der Waals surface area contributed by atoms with Crippen LogP contribution in [-0.4, -0.2) is 27.1 Å². The number of rotatable bonds is 5. The number of benzene rings is 1. The highest BCUT2D eigenvalue weighted by Gasteiger charge is 2.16. The number of hydrogen-bond donors (Lipinski definition) is 0. The average Bonchev–Trinajstić information content (AvgIpc) is 2.86. The van der Waals surface area contributed by atoms with Crippen molar-refractivity contribution in [3.63, 3.8) is 0 Å². The summed E-state index contributed by atoms with van der Waals surface area (Å²) in [6.45, 7) is 4.49. The number of aromatic nitrogens is 3. The number of imidazole rings is 1. The number of para-hydroxylation sites is 1. The maximum atomic E-state index is 12.0. The fraction of sp³-hybridized carbons (Fsp3) is 0.353. The van der Waals surface area contributed by atoms with Crippen molar-refractivity contribution >= 4 is 27.9 Å². The van der Waals surface area contributed by atoms with E-state index in [0.717, 1.165) is 40.6 Å². The van der Waals surface area contributed by atoms with E-state index in [2.05, 4.69) is 16.9 Å². The lowest BCUT2D eigenvalue weighted by atomic mass is 10.2. The topological polar surface area (TPSA) is 57.0 Å². The molecular formula is C17H19N3O2. The molecule has 0 bridgehead atoms. The minimum Gasteiger partial charge on any atom is -0.465 e. The molecule has 0 atom stereocenters. The van der Waals surface area contributed by atoms with Gasteiger partial charge in [-0.1, -0.05) is 25.1 Å². The molecule has 0 unspecified atom stereocenters. The van der Waals surface area contributed by atoms with Gasteiger partial charge in [-0.3, -0.25) is 9.78 Å². The Labute approximate surface area is 128 Å². The number of aryl methyl sites for hydroxylation is 1. The summed E-state index contributed by atoms with van der Waals surface area (Å²) in [5.41, 5.74) is 2.69. The summed E-state index contributed by atoms with van der Waals surface area (Å²) in [6.07, 6.45) is 3.57. The number of pyridine rings is 1. The lowest BCUT2D eigenvalue weighted by Gasteiger charge is -2.09. The highest BCUT2D eigenvalue weighted by molar-refractivity contribution is 6.02. The Morgan fingerprint density at radius 3 is 2.82 bits per heavy atom. The zero-order valence-electron chi connectivity index (χ0n) is 12.9. The minimum atomic E-state index is -0.236. The monoisotopic (exact) mass is 297 g/mol. The summed E-state index contributed by atoms with van der Waals surface area (Å²) in [7, 11) is 0. The van der Waals surface area contributed by atoms with Crippen molar-refractivity contribution in [1.82, 2.24) is 14.5 Å². The fourth-order valence-electron chi connectivity index (χ4n) is 2.73. The maximum absolute atomic E-state index is 12.0. The van der Waals surface area contributed by atoms with Gasteiger partial charge in [0.2, 0.25) is 0 Å². The van der Waals surface area contributed by atoms with Crippen molar-refractivity contribution in [2.24, 2.45) is 0 Å². The normalized spacial score (nSPS) is 11.2. The van der Waals surface area contributed by atoms with Gasteiger partial charge in [0.05, 0.1) is 23.8 Å². The van der Waals surface area contributed by atoms with Crippen LogP contribution in [0.1, 0.15) is 26.1 Å². The van der Waals surface area contributed by atoms with Gasteiger partial charge in [-0.15, -0.1) is 0 Å². The van der Waals surface area contributed by atoms with Crippen LogP contribution in [0.4, 0.5) is 0 Å². The van der Waals surface area contributed by atoms with Gasteiger partial charge < -0.3 is 9.30 Å². The molecule has 0 N–H and O–H groups in total. The molecule has 0 radical (unpaired) electrons. The first-order valence-electron chi connectivity index (χ1n) is 7.63. The van der Waals surface area contributed by atoms with Gasteiger partial charge in [-0.05, 0) is 19.4 Å². The van der Waals surface area contributed by atoms with Crippen molar-refractivity contribution in [2.45, 2.75) is 33.2 Å². The Morgan fingerprint density at radius 1 is 1.23 bits per heavy atom. The summed E-state index contributed by atoms with van der Waals surface area (Å²) >= 11 is 0. The van der Waals surface area contributed by atoms with E-state index in [1.807, 2.05) is 35.8 Å². The number of ether oxygens (including phenoxy) is 1. The van der Waals surface area contributed by atoms with E-state index < -0.39 is 0 Å². The third kappa shape index (κ3) is 2.54. The SMILES string of the molecule is CCCc1nc2cnc3ccccc3c2n1CC(=O)OCC. The molecule has 114 valence electrons. The highest BCUT2D eigenvalue weighted by atomic mass is 16.5. The highest BCUT2D eigenvalue weighted by Crippen LogP contribution is 2.25. The maximum Gasteiger partial charge on any atom is 0.326 e. The third-order valence-corrected chi connectivity index (χ3v) is 3.62. The Kier molecular flexibility index (Phi) is 4.04. The zero-order valence-corrected chi connectivity index (χ0v) is 12.9. The fourth-order valence-corrected chi connectivity index (χ4v) is 2.73. The second kappa shape index (κ2) is 6.13. The van der Waals surface area contributed by atoms with E-state index in [9.17, 15) is 4.79 Å². The van der Waals surface area contributed by atoms with Crippen LogP contribution in [0.2, 0.25) is 0 Å². The number of hydrogen-bond acceptors (Lipinski definition) is 4. The van der Waals surface area contributed by atoms with Crippen LogP contribution in [0.5, 0.6) is 0 Å². The molecule has 0 amide bonds. The van der Waals surface area contributed by atoms with E-state index in [0.29, 0.717) is 6.61 Å². The molecule has 0 saturated carbocycles. The van der Waals surface area contributed by atoms with Gasteiger partial charge in [0.1, 0.15) is 17.9 Å². The van der Waals surface area contributed by atoms with Gasteiger partial charge in [-0.2, -0.15) is 0 Å². The van der Waals surface area contributed by atoms with E-state index in [-0.39, 0.29) is 12.5 Å². The van der Waals surface area contributed by atoms with E-state index in [1.54, 1.807) is 6.20 Å². The Morgan fingerprint density at radius 2 is 2.05 bits per heavy atom. The predicted molar refractivity (Wildman–Crippen MR) is 85.7 cm³/mol. The van der Waals surface area contributed by atoms with E-state index >= 15 is 0 Å². The smallest absolute Gasteiger partial charge is 0.326 e. The quantitative estimate of drug-likeness (QED) is 0.679. The van der Waals surface area contributed by atoms with Gasteiger partial charge in [0, 0.05) is 11.8 Å². The second-order valence-corrected chi connectivity index (χ2v) is 5.18. The summed E-state index contributed by atoms with van der Waals surface area (Å²) in [6, 6.07) is 7.92. The lowest BCUT2D eigenvalue weighted by Crippen LogP contribution is -2.15. The molecule has 5 heteroatoms. The van der Waals surface area contributed by atoms with E-state index in [4.69, 9.17) is 4.74 Å². The minimum absolute atomic E-state index is 0.188. The molecule has 0 aliphatic heterocycles. The molecule has 5 nitrogen and oxygen atoms in total. The second-order valence-electron chi connectivity index (χ2n) is 5.18. The first-order chi connectivity index (χ1) is 10.7. The van der Waals surface area contributed by atoms with Crippen LogP contribution in [-0.2, 0) is 22.5 Å². The van der Waals surface area contributed by atoms with Gasteiger partial charge in [0.15, 0.2) is 0 Å². The molecule has 22 heavy (non-hydrogen) atoms. The van der Waals surface area contributed by atoms with Crippen molar-refractivity contribution in [3.05, 3.63) is 36.3 Å². The summed E-state index contributed by atoms with van der Waals surface area (Å²) < 4.78 is 7.08. The first-order valence-corrected chi connectivity index (χ1v) is 7.63. The largest absolute Gasteiger partial charge is 0.465 e. The molecule has 2 heterocycles. The molecule has 2 aromatic heterocycles. The van der Waals surface area contributed by atoms with Crippen molar-refractivity contribution < 1.29 is 9.53 Å². The molecule has 3 rings (SSSR count). The van der Waals surface area contributed by atoms with Gasteiger partial charge >= 0.3 is 5.97 Å². The van der Waals surface area contributed by atoms with Crippen molar-refractivity contribution in [1.29, 1.82) is 0 Å². The average molecular weight is 297 g/mol. The number of nitrogens with zero attached hydrogens (tertiary/aromatic N) is 3. The standard InChI is InChI=1S/C17H19N3O2/c1-3-7-15-19-14-10-18-13-9-6-5-8-12(13)17(14)20(15)11-16(21)22-4-2/h5-6,8-10H,3-4,7,11H2,1-2H3. The zero-order chi connectivity index (χ0) is 15.5. The lowest BCUT2D eigenvalue weighted by molar-refractivity contribution is -0.143. The molecule has 0 spiro atoms. The van der Waals surface area contributed by atoms with Crippen molar-refractivity contribution in [2.75, 3.05) is 6.61 Å². The molecule has 3 aromatic rings. The third-order valence-electron chi connectivity index (χ3n) is 3.62. The Balaban J connectivity index is 2.22. The summed E-state index contributed by atoms with van der Waals surface area (Å²) in [5, 5.41) is 1.01.